The quantitative estimate of drug-likeness (QED) is 0.296. The van der Waals surface area contributed by atoms with Crippen LogP contribution in [0.2, 0.25) is 0 Å². The summed E-state index contributed by atoms with van der Waals surface area (Å²) in [6.45, 7) is 4.25. The van der Waals surface area contributed by atoms with Gasteiger partial charge in [-0.1, -0.05) is 0 Å². The Labute approximate surface area is 211 Å². The second-order valence-corrected chi connectivity index (χ2v) is 6.27. The van der Waals surface area contributed by atoms with E-state index in [1.165, 1.54) is 6.20 Å². The molecule has 0 aromatic carbocycles. The van der Waals surface area contributed by atoms with E-state index >= 15 is 0 Å². The number of fused-ring (bicyclic) bond motifs is 1. The summed E-state index contributed by atoms with van der Waals surface area (Å²) in [5.74, 6) is 0.741. The first-order valence-corrected chi connectivity index (χ1v) is 8.67. The number of hydrogen-bond acceptors (Lipinski definition) is 6. The molecule has 2 N–H and O–H groups in total. The van der Waals surface area contributed by atoms with E-state index in [4.69, 9.17) is 0 Å². The molecular formula is C19H19Fe3N8O-. The van der Waals surface area contributed by atoms with Crippen LogP contribution in [0.4, 0.5) is 11.8 Å². The second kappa shape index (κ2) is 11.4. The van der Waals surface area contributed by atoms with Crippen molar-refractivity contribution in [1.29, 1.82) is 0 Å². The molecule has 0 radical (unpaired) electrons. The monoisotopic (exact) mass is 543 g/mol. The maximum Gasteiger partial charge on any atom is 0.260 e. The fourth-order valence-electron chi connectivity index (χ4n) is 2.97. The van der Waals surface area contributed by atoms with E-state index in [-0.39, 0.29) is 57.1 Å². The first kappa shape index (κ1) is 26.8. The van der Waals surface area contributed by atoms with Gasteiger partial charge in [-0.05, 0) is 12.1 Å². The molecule has 166 valence electrons. The molecule has 0 bridgehead atoms. The molecule has 4 aromatic rings. The van der Waals surface area contributed by atoms with Gasteiger partial charge in [0.25, 0.3) is 5.91 Å². The summed E-state index contributed by atoms with van der Waals surface area (Å²) in [6, 6.07) is 5.69. The molecule has 31 heavy (non-hydrogen) atoms. The van der Waals surface area contributed by atoms with Crippen LogP contribution in [0.15, 0.2) is 43.0 Å². The number of nitrogens with zero attached hydrogens (tertiary/aromatic N) is 6. The van der Waals surface area contributed by atoms with Gasteiger partial charge in [-0.3, -0.25) is 9.48 Å². The Morgan fingerprint density at radius 2 is 1.90 bits per heavy atom. The van der Waals surface area contributed by atoms with Crippen LogP contribution in [0, 0.1) is 6.92 Å². The molecule has 0 saturated heterocycles. The van der Waals surface area contributed by atoms with Gasteiger partial charge in [-0.25, -0.2) is 15.0 Å². The minimum Gasteiger partial charge on any atom is -0.384 e. The van der Waals surface area contributed by atoms with Crippen LogP contribution >= 0.6 is 0 Å². The summed E-state index contributed by atoms with van der Waals surface area (Å²) in [7, 11) is 3.71. The van der Waals surface area contributed by atoms with Crippen molar-refractivity contribution in [2.75, 3.05) is 17.2 Å². The van der Waals surface area contributed by atoms with Gasteiger partial charge < -0.3 is 22.1 Å². The van der Waals surface area contributed by atoms with Gasteiger partial charge >= 0.3 is 0 Å². The third kappa shape index (κ3) is 5.74. The first-order chi connectivity index (χ1) is 13.5. The Morgan fingerprint density at radius 3 is 2.58 bits per heavy atom. The zero-order chi connectivity index (χ0) is 19.7. The van der Waals surface area contributed by atoms with E-state index in [0.717, 1.165) is 22.3 Å². The number of amides is 1. The van der Waals surface area contributed by atoms with Crippen molar-refractivity contribution in [3.05, 3.63) is 55.5 Å². The van der Waals surface area contributed by atoms with Crippen molar-refractivity contribution in [3.63, 3.8) is 0 Å². The summed E-state index contributed by atoms with van der Waals surface area (Å²) in [4.78, 5) is 25.4. The van der Waals surface area contributed by atoms with E-state index in [1.807, 2.05) is 29.8 Å². The smallest absolute Gasteiger partial charge is 0.260 e. The molecule has 0 saturated carbocycles. The van der Waals surface area contributed by atoms with Crippen molar-refractivity contribution in [2.24, 2.45) is 14.1 Å². The molecule has 4 aromatic heterocycles. The molecule has 4 heterocycles. The molecule has 0 spiro atoms. The summed E-state index contributed by atoms with van der Waals surface area (Å²) in [5, 5.41) is 10.8. The molecule has 0 aliphatic heterocycles. The molecule has 0 aliphatic carbocycles. The average Bonchev–Trinajstić information content (AvgIpc) is 3.26. The van der Waals surface area contributed by atoms with Crippen LogP contribution < -0.4 is 10.6 Å². The molecular weight excluding hydrogens is 524 g/mol. The third-order valence-corrected chi connectivity index (χ3v) is 4.34. The van der Waals surface area contributed by atoms with Crippen LogP contribution in [0.25, 0.3) is 22.3 Å². The predicted molar refractivity (Wildman–Crippen MR) is 107 cm³/mol. The molecule has 0 atom stereocenters. The van der Waals surface area contributed by atoms with Crippen molar-refractivity contribution in [2.45, 2.75) is 0 Å². The van der Waals surface area contributed by atoms with Gasteiger partial charge in [0, 0.05) is 95.3 Å². The summed E-state index contributed by atoms with van der Waals surface area (Å²) in [6.07, 6.45) is 6.60. The number of carbonyl (C=O) groups is 1. The average molecular weight is 543 g/mol. The summed E-state index contributed by atoms with van der Waals surface area (Å²) < 4.78 is 3.58. The van der Waals surface area contributed by atoms with E-state index < -0.39 is 0 Å². The summed E-state index contributed by atoms with van der Waals surface area (Å²) >= 11 is 0. The number of carbonyl (C=O) groups excluding carboxylic acids is 1. The molecule has 0 unspecified atom stereocenters. The first-order valence-electron chi connectivity index (χ1n) is 8.67. The summed E-state index contributed by atoms with van der Waals surface area (Å²) in [5.41, 5.74) is 3.10. The van der Waals surface area contributed by atoms with Crippen LogP contribution in [0.3, 0.4) is 0 Å². The number of aryl methyl sites for hydroxylation is 2. The van der Waals surface area contributed by atoms with Crippen LogP contribution in [-0.2, 0) is 65.3 Å². The third-order valence-electron chi connectivity index (χ3n) is 4.34. The maximum absolute atomic E-state index is 12.3. The zero-order valence-corrected chi connectivity index (χ0v) is 19.9. The van der Waals surface area contributed by atoms with Crippen molar-refractivity contribution in [3.8, 4) is 11.4 Å². The van der Waals surface area contributed by atoms with Crippen LogP contribution in [-0.4, -0.2) is 41.8 Å². The fraction of sp³-hybridized carbons (Fsp3) is 0.158. The number of anilines is 2. The number of pyridine rings is 1. The Morgan fingerprint density at radius 1 is 1.13 bits per heavy atom. The number of hydrogen-bond donors (Lipinski definition) is 2. The number of rotatable bonds is 5. The van der Waals surface area contributed by atoms with E-state index in [9.17, 15) is 4.79 Å². The van der Waals surface area contributed by atoms with Crippen molar-refractivity contribution < 1.29 is 56.0 Å². The molecule has 1 amide bonds. The number of nitrogens with one attached hydrogen (secondary N) is 2. The van der Waals surface area contributed by atoms with E-state index in [1.54, 1.807) is 30.3 Å². The van der Waals surface area contributed by atoms with Gasteiger partial charge in [0.1, 0.15) is 5.82 Å². The van der Waals surface area contributed by atoms with Gasteiger partial charge in [0.2, 0.25) is 5.95 Å². The molecule has 4 rings (SSSR count). The zero-order valence-electron chi connectivity index (χ0n) is 16.6. The van der Waals surface area contributed by atoms with Crippen LogP contribution in [0.5, 0.6) is 0 Å². The Bertz CT molecular complexity index is 1170. The fourth-order valence-corrected chi connectivity index (χ4v) is 2.97. The second-order valence-electron chi connectivity index (χ2n) is 6.27. The van der Waals surface area contributed by atoms with E-state index in [0.29, 0.717) is 23.9 Å². The van der Waals surface area contributed by atoms with E-state index in [2.05, 4.69) is 37.6 Å². The SMILES string of the molecule is [CH2-]CNc1nccc(-c2cc3cnc(NC(=O)c4cnn(C)c4)cc3n2C)n1.[Fe].[Fe].[Fe]. The van der Waals surface area contributed by atoms with Crippen LogP contribution in [0.1, 0.15) is 10.4 Å². The van der Waals surface area contributed by atoms with Crippen molar-refractivity contribution in [1.82, 2.24) is 29.3 Å². The Balaban J connectivity index is 0.00000160. The van der Waals surface area contributed by atoms with Gasteiger partial charge in [-0.15, -0.1) is 6.54 Å². The van der Waals surface area contributed by atoms with Gasteiger partial charge in [-0.2, -0.15) is 5.10 Å². The molecule has 12 heteroatoms. The molecule has 0 fully saturated rings. The molecule has 9 nitrogen and oxygen atoms in total. The number of aromatic nitrogens is 6. The largest absolute Gasteiger partial charge is 0.384 e. The van der Waals surface area contributed by atoms with Gasteiger partial charge in [0.05, 0.1) is 28.7 Å². The standard InChI is InChI=1S/C19H19N8O.3Fe/c1-4-20-19-21-6-5-14(24-19)16-7-12-9-22-17(8-15(12)27(16)3)25-18(28)13-10-23-26(2)11-13;;;/h5-11H,1,4H2,2-3H3,(H,20,21,24)(H,22,25,28);;;/q-1;;;. The predicted octanol–water partition coefficient (Wildman–Crippen LogP) is 2.25. The Hall–Kier alpha value is -2.19. The molecule has 0 aliphatic rings. The normalized spacial score (nSPS) is 9.90. The Kier molecular flexibility index (Phi) is 9.90. The van der Waals surface area contributed by atoms with Gasteiger partial charge in [0.15, 0.2) is 0 Å². The van der Waals surface area contributed by atoms with Crippen molar-refractivity contribution >= 4 is 28.6 Å². The minimum atomic E-state index is -0.255. The minimum absolute atomic E-state index is 0. The topological polar surface area (TPSA) is 103 Å². The maximum atomic E-state index is 12.3.